The zero-order valence-electron chi connectivity index (χ0n) is 12.5. The average Bonchev–Trinajstić information content (AvgIpc) is 2.62. The number of nitro groups is 1. The normalized spacial score (nSPS) is 10.8. The number of hydrogen-bond donors (Lipinski definition) is 1. The lowest BCUT2D eigenvalue weighted by Gasteiger charge is -2.12. The molecule has 0 unspecified atom stereocenters. The number of pyridine rings is 2. The van der Waals surface area contributed by atoms with Crippen LogP contribution >= 0.6 is 0 Å². The van der Waals surface area contributed by atoms with Crippen LogP contribution in [0.15, 0.2) is 66.9 Å². The van der Waals surface area contributed by atoms with Crippen molar-refractivity contribution in [3.8, 4) is 0 Å². The van der Waals surface area contributed by atoms with Crippen molar-refractivity contribution in [2.24, 2.45) is 0 Å². The van der Waals surface area contributed by atoms with Gasteiger partial charge in [0.05, 0.1) is 21.6 Å². The first kappa shape index (κ1) is 14.1. The molecule has 1 N–H and O–H groups in total. The highest BCUT2D eigenvalue weighted by Crippen LogP contribution is 2.34. The van der Waals surface area contributed by atoms with E-state index >= 15 is 0 Å². The molecule has 0 amide bonds. The molecule has 6 heteroatoms. The maximum absolute atomic E-state index is 11.3. The van der Waals surface area contributed by atoms with E-state index in [1.807, 2.05) is 48.5 Å². The second kappa shape index (κ2) is 5.58. The van der Waals surface area contributed by atoms with Crippen LogP contribution in [-0.2, 0) is 0 Å². The Labute approximate surface area is 136 Å². The van der Waals surface area contributed by atoms with E-state index in [-0.39, 0.29) is 11.5 Å². The van der Waals surface area contributed by atoms with Gasteiger partial charge in [-0.1, -0.05) is 36.4 Å². The third-order valence-corrected chi connectivity index (χ3v) is 3.81. The lowest BCUT2D eigenvalue weighted by molar-refractivity contribution is -0.384. The second-order valence-corrected chi connectivity index (χ2v) is 5.27. The van der Waals surface area contributed by atoms with Gasteiger partial charge in [0.2, 0.25) is 5.82 Å². The number of fused-ring (bicyclic) bond motifs is 2. The van der Waals surface area contributed by atoms with Crippen molar-refractivity contribution in [2.45, 2.75) is 0 Å². The number of aromatic nitrogens is 2. The van der Waals surface area contributed by atoms with Crippen molar-refractivity contribution in [1.29, 1.82) is 0 Å². The van der Waals surface area contributed by atoms with E-state index in [9.17, 15) is 10.1 Å². The first-order valence-corrected chi connectivity index (χ1v) is 7.38. The number of benzene rings is 2. The third-order valence-electron chi connectivity index (χ3n) is 3.81. The van der Waals surface area contributed by atoms with Gasteiger partial charge in [0.15, 0.2) is 0 Å². The fourth-order valence-corrected chi connectivity index (χ4v) is 2.73. The molecule has 2 aromatic heterocycles. The number of anilines is 2. The van der Waals surface area contributed by atoms with Gasteiger partial charge in [-0.25, -0.2) is 9.97 Å². The molecule has 0 fully saturated rings. The van der Waals surface area contributed by atoms with Crippen molar-refractivity contribution in [2.75, 3.05) is 5.32 Å². The first-order valence-electron chi connectivity index (χ1n) is 7.38. The lowest BCUT2D eigenvalue weighted by Crippen LogP contribution is -2.01. The zero-order valence-corrected chi connectivity index (χ0v) is 12.5. The van der Waals surface area contributed by atoms with E-state index in [0.29, 0.717) is 0 Å². The zero-order chi connectivity index (χ0) is 16.5. The van der Waals surface area contributed by atoms with E-state index in [4.69, 9.17) is 0 Å². The minimum Gasteiger partial charge on any atom is -0.333 e. The molecular formula is C18H12N4O2. The molecule has 0 bridgehead atoms. The summed E-state index contributed by atoms with van der Waals surface area (Å²) in [4.78, 5) is 19.6. The standard InChI is InChI=1S/C18H12N4O2/c23-22(24)16-10-5-11-19-18(16)21-17-12-6-1-3-8-14(12)20-15-9-4-2-7-13(15)17/h1-11H,(H,19,20,21). The van der Waals surface area contributed by atoms with Crippen molar-refractivity contribution in [3.63, 3.8) is 0 Å². The van der Waals surface area contributed by atoms with E-state index in [1.54, 1.807) is 6.07 Å². The molecule has 6 nitrogen and oxygen atoms in total. The molecule has 0 saturated carbocycles. The summed E-state index contributed by atoms with van der Waals surface area (Å²) in [6.07, 6.45) is 1.53. The molecule has 0 saturated heterocycles. The highest BCUT2D eigenvalue weighted by molar-refractivity contribution is 6.08. The van der Waals surface area contributed by atoms with Crippen LogP contribution in [0.4, 0.5) is 17.2 Å². The van der Waals surface area contributed by atoms with E-state index < -0.39 is 4.92 Å². The third kappa shape index (κ3) is 2.30. The van der Waals surface area contributed by atoms with Crippen LogP contribution in [-0.4, -0.2) is 14.9 Å². The maximum atomic E-state index is 11.3. The smallest absolute Gasteiger partial charge is 0.311 e. The monoisotopic (exact) mass is 316 g/mol. The molecule has 116 valence electrons. The topological polar surface area (TPSA) is 81.0 Å². The minimum absolute atomic E-state index is 0.0672. The first-order chi connectivity index (χ1) is 11.7. The summed E-state index contributed by atoms with van der Waals surface area (Å²) in [5.41, 5.74) is 2.33. The quantitative estimate of drug-likeness (QED) is 0.343. The molecule has 24 heavy (non-hydrogen) atoms. The largest absolute Gasteiger partial charge is 0.333 e. The highest BCUT2D eigenvalue weighted by Gasteiger charge is 2.17. The lowest BCUT2D eigenvalue weighted by atomic mass is 10.1. The van der Waals surface area contributed by atoms with E-state index in [2.05, 4.69) is 15.3 Å². The van der Waals surface area contributed by atoms with Crippen LogP contribution in [0.25, 0.3) is 21.8 Å². The predicted octanol–water partition coefficient (Wildman–Crippen LogP) is 4.43. The molecule has 4 aromatic rings. The van der Waals surface area contributed by atoms with Crippen LogP contribution in [0, 0.1) is 10.1 Å². The van der Waals surface area contributed by atoms with Crippen molar-refractivity contribution in [1.82, 2.24) is 9.97 Å². The highest BCUT2D eigenvalue weighted by atomic mass is 16.6. The summed E-state index contributed by atoms with van der Waals surface area (Å²) in [7, 11) is 0. The molecular weight excluding hydrogens is 304 g/mol. The van der Waals surface area contributed by atoms with Crippen LogP contribution in [0.1, 0.15) is 0 Å². The Kier molecular flexibility index (Phi) is 3.28. The summed E-state index contributed by atoms with van der Waals surface area (Å²) >= 11 is 0. The molecule has 0 aliphatic rings. The molecule has 0 radical (unpaired) electrons. The van der Waals surface area contributed by atoms with Gasteiger partial charge in [0.25, 0.3) is 0 Å². The van der Waals surface area contributed by atoms with Crippen molar-refractivity contribution < 1.29 is 4.92 Å². The van der Waals surface area contributed by atoms with Crippen LogP contribution in [0.2, 0.25) is 0 Å². The van der Waals surface area contributed by atoms with Gasteiger partial charge in [-0.2, -0.15) is 0 Å². The number of nitrogens with zero attached hydrogens (tertiary/aromatic N) is 3. The Morgan fingerprint density at radius 2 is 1.50 bits per heavy atom. The van der Waals surface area contributed by atoms with Crippen molar-refractivity contribution in [3.05, 3.63) is 77.0 Å². The number of nitrogens with one attached hydrogen (secondary N) is 1. The Morgan fingerprint density at radius 1 is 0.875 bits per heavy atom. The van der Waals surface area contributed by atoms with Gasteiger partial charge in [0.1, 0.15) is 0 Å². The van der Waals surface area contributed by atoms with Gasteiger partial charge in [-0.15, -0.1) is 0 Å². The molecule has 2 aromatic carbocycles. The minimum atomic E-state index is -0.444. The molecule has 4 rings (SSSR count). The predicted molar refractivity (Wildman–Crippen MR) is 93.4 cm³/mol. The Hall–Kier alpha value is -3.54. The summed E-state index contributed by atoms with van der Waals surface area (Å²) in [5.74, 6) is 0.212. The van der Waals surface area contributed by atoms with E-state index in [1.165, 1.54) is 12.3 Å². The second-order valence-electron chi connectivity index (χ2n) is 5.27. The SMILES string of the molecule is O=[N+]([O-])c1cccnc1Nc1c2ccccc2nc2ccccc12. The summed E-state index contributed by atoms with van der Waals surface area (Å²) in [5, 5.41) is 16.2. The van der Waals surface area contributed by atoms with Crippen LogP contribution in [0.3, 0.4) is 0 Å². The van der Waals surface area contributed by atoms with Crippen LogP contribution < -0.4 is 5.32 Å². The number of hydrogen-bond acceptors (Lipinski definition) is 5. The molecule has 0 atom stereocenters. The van der Waals surface area contributed by atoms with Crippen molar-refractivity contribution >= 4 is 39.0 Å². The molecule has 0 spiro atoms. The van der Waals surface area contributed by atoms with Crippen LogP contribution in [0.5, 0.6) is 0 Å². The average molecular weight is 316 g/mol. The molecule has 2 heterocycles. The summed E-state index contributed by atoms with van der Waals surface area (Å²) in [6, 6.07) is 18.3. The maximum Gasteiger partial charge on any atom is 0.311 e. The van der Waals surface area contributed by atoms with E-state index in [0.717, 1.165) is 27.5 Å². The van der Waals surface area contributed by atoms with Gasteiger partial charge in [-0.3, -0.25) is 10.1 Å². The molecule has 0 aliphatic carbocycles. The van der Waals surface area contributed by atoms with Gasteiger partial charge in [-0.05, 0) is 18.2 Å². The number of para-hydroxylation sites is 2. The summed E-state index contributed by atoms with van der Waals surface area (Å²) < 4.78 is 0. The Balaban J connectivity index is 2.00. The Morgan fingerprint density at radius 3 is 2.12 bits per heavy atom. The van der Waals surface area contributed by atoms with Gasteiger partial charge in [0, 0.05) is 23.0 Å². The Bertz CT molecular complexity index is 1020. The fraction of sp³-hybridized carbons (Fsp3) is 0. The summed E-state index contributed by atoms with van der Waals surface area (Å²) in [6.45, 7) is 0. The number of rotatable bonds is 3. The molecule has 0 aliphatic heterocycles. The fourth-order valence-electron chi connectivity index (χ4n) is 2.73. The van der Waals surface area contributed by atoms with Gasteiger partial charge >= 0.3 is 5.69 Å². The van der Waals surface area contributed by atoms with Gasteiger partial charge < -0.3 is 5.32 Å².